The summed E-state index contributed by atoms with van der Waals surface area (Å²) >= 11 is 0. The molecule has 106 valence electrons. The molecule has 0 aliphatic rings. The van der Waals surface area contributed by atoms with E-state index in [1.54, 1.807) is 6.92 Å². The molecule has 0 radical (unpaired) electrons. The predicted molar refractivity (Wildman–Crippen MR) is 75.1 cm³/mol. The van der Waals surface area contributed by atoms with Crippen LogP contribution in [0.2, 0.25) is 0 Å². The fraction of sp³-hybridized carbons (Fsp3) is 0.462. The van der Waals surface area contributed by atoms with Crippen LogP contribution < -0.4 is 5.32 Å². The van der Waals surface area contributed by atoms with Crippen molar-refractivity contribution in [1.29, 1.82) is 0 Å². The summed E-state index contributed by atoms with van der Waals surface area (Å²) in [5.74, 6) is -0.318. The molecule has 0 aromatic heterocycles. The number of sulfonamides is 1. The first kappa shape index (κ1) is 15.7. The topological polar surface area (TPSA) is 66.5 Å². The van der Waals surface area contributed by atoms with Gasteiger partial charge >= 0.3 is 0 Å². The quantitative estimate of drug-likeness (QED) is 0.852. The van der Waals surface area contributed by atoms with Crippen LogP contribution in [0.25, 0.3) is 0 Å². The normalized spacial score (nSPS) is 13.3. The first-order valence-corrected chi connectivity index (χ1v) is 7.76. The minimum Gasteiger partial charge on any atom is -0.348 e. The van der Waals surface area contributed by atoms with E-state index in [0.29, 0.717) is 0 Å². The van der Waals surface area contributed by atoms with Gasteiger partial charge in [0.15, 0.2) is 0 Å². The maximum absolute atomic E-state index is 11.8. The number of rotatable bonds is 6. The Balaban J connectivity index is 2.57. The Kier molecular flexibility index (Phi) is 5.50. The van der Waals surface area contributed by atoms with Crippen LogP contribution >= 0.6 is 0 Å². The summed E-state index contributed by atoms with van der Waals surface area (Å²) in [6, 6.07) is 9.37. The largest absolute Gasteiger partial charge is 0.348 e. The van der Waals surface area contributed by atoms with Crippen molar-refractivity contribution in [3.05, 3.63) is 35.9 Å². The number of benzene rings is 1. The molecule has 0 saturated carbocycles. The third-order valence-corrected chi connectivity index (χ3v) is 4.69. The van der Waals surface area contributed by atoms with Crippen LogP contribution in [0.5, 0.6) is 0 Å². The molecule has 0 heterocycles. The SMILES string of the molecule is CCS(=O)(=O)N(C)CC(=O)NC(C)c1ccccc1. The van der Waals surface area contributed by atoms with Gasteiger partial charge < -0.3 is 5.32 Å². The van der Waals surface area contributed by atoms with E-state index in [0.717, 1.165) is 9.87 Å². The molecule has 0 bridgehead atoms. The molecule has 1 unspecified atom stereocenters. The lowest BCUT2D eigenvalue weighted by Crippen LogP contribution is -2.39. The van der Waals surface area contributed by atoms with Crippen LogP contribution in [-0.2, 0) is 14.8 Å². The maximum atomic E-state index is 11.8. The molecule has 1 amide bonds. The fourth-order valence-corrected chi connectivity index (χ4v) is 2.39. The Labute approximate surface area is 114 Å². The van der Waals surface area contributed by atoms with Gasteiger partial charge in [-0.1, -0.05) is 30.3 Å². The summed E-state index contributed by atoms with van der Waals surface area (Å²) in [7, 11) is -1.91. The van der Waals surface area contributed by atoms with Crippen LogP contribution in [0.1, 0.15) is 25.5 Å². The van der Waals surface area contributed by atoms with E-state index in [-0.39, 0.29) is 24.2 Å². The number of hydrogen-bond acceptors (Lipinski definition) is 3. The number of nitrogens with one attached hydrogen (secondary N) is 1. The van der Waals surface area contributed by atoms with Crippen molar-refractivity contribution in [3.63, 3.8) is 0 Å². The fourth-order valence-electron chi connectivity index (χ4n) is 1.63. The van der Waals surface area contributed by atoms with Gasteiger partial charge in [-0.2, -0.15) is 4.31 Å². The second-order valence-corrected chi connectivity index (χ2v) is 6.72. The summed E-state index contributed by atoms with van der Waals surface area (Å²) in [5.41, 5.74) is 0.983. The molecule has 0 aliphatic heterocycles. The van der Waals surface area contributed by atoms with E-state index in [1.165, 1.54) is 7.05 Å². The van der Waals surface area contributed by atoms with E-state index < -0.39 is 10.0 Å². The molecule has 0 spiro atoms. The van der Waals surface area contributed by atoms with Crippen LogP contribution in [-0.4, -0.2) is 38.0 Å². The molecular weight excluding hydrogens is 264 g/mol. The zero-order valence-corrected chi connectivity index (χ0v) is 12.3. The van der Waals surface area contributed by atoms with Crippen molar-refractivity contribution >= 4 is 15.9 Å². The zero-order chi connectivity index (χ0) is 14.5. The number of nitrogens with zero attached hydrogens (tertiary/aromatic N) is 1. The van der Waals surface area contributed by atoms with Crippen LogP contribution in [0, 0.1) is 0 Å². The Morgan fingerprint density at radius 3 is 2.42 bits per heavy atom. The molecule has 0 fully saturated rings. The minimum absolute atomic E-state index is 0.00891. The summed E-state index contributed by atoms with van der Waals surface area (Å²) in [5, 5.41) is 2.78. The van der Waals surface area contributed by atoms with Crippen LogP contribution in [0.15, 0.2) is 30.3 Å². The molecule has 6 heteroatoms. The van der Waals surface area contributed by atoms with E-state index in [9.17, 15) is 13.2 Å². The Hall–Kier alpha value is -1.40. The van der Waals surface area contributed by atoms with Gasteiger partial charge in [-0.15, -0.1) is 0 Å². The molecule has 1 aromatic rings. The molecule has 1 N–H and O–H groups in total. The second-order valence-electron chi connectivity index (χ2n) is 4.36. The standard InChI is InChI=1S/C13H20N2O3S/c1-4-19(17,18)15(3)10-13(16)14-11(2)12-8-6-5-7-9-12/h5-9,11H,4,10H2,1-3H3,(H,14,16). The lowest BCUT2D eigenvalue weighted by atomic mass is 10.1. The van der Waals surface area contributed by atoms with E-state index >= 15 is 0 Å². The Morgan fingerprint density at radius 2 is 1.89 bits per heavy atom. The van der Waals surface area contributed by atoms with Gasteiger partial charge in [-0.3, -0.25) is 4.79 Å². The second kappa shape index (κ2) is 6.68. The number of hydrogen-bond donors (Lipinski definition) is 1. The molecular formula is C13H20N2O3S. The van der Waals surface area contributed by atoms with Crippen molar-refractivity contribution in [2.24, 2.45) is 0 Å². The van der Waals surface area contributed by atoms with Crippen molar-refractivity contribution < 1.29 is 13.2 Å². The number of carbonyl (C=O) groups is 1. The smallest absolute Gasteiger partial charge is 0.235 e. The van der Waals surface area contributed by atoms with Crippen molar-refractivity contribution in [3.8, 4) is 0 Å². The predicted octanol–water partition coefficient (Wildman–Crippen LogP) is 1.15. The summed E-state index contributed by atoms with van der Waals surface area (Å²) < 4.78 is 24.1. The molecule has 1 atom stereocenters. The van der Waals surface area contributed by atoms with E-state index in [4.69, 9.17) is 0 Å². The first-order valence-electron chi connectivity index (χ1n) is 6.15. The highest BCUT2D eigenvalue weighted by Gasteiger charge is 2.19. The van der Waals surface area contributed by atoms with Crippen LogP contribution in [0.4, 0.5) is 0 Å². The van der Waals surface area contributed by atoms with Gasteiger partial charge in [0.2, 0.25) is 15.9 Å². The van der Waals surface area contributed by atoms with Crippen LogP contribution in [0.3, 0.4) is 0 Å². The molecule has 0 aliphatic carbocycles. The van der Waals surface area contributed by atoms with Gasteiger partial charge in [-0.25, -0.2) is 8.42 Å². The van der Waals surface area contributed by atoms with Gasteiger partial charge in [0.25, 0.3) is 0 Å². The Morgan fingerprint density at radius 1 is 1.32 bits per heavy atom. The highest BCUT2D eigenvalue weighted by molar-refractivity contribution is 7.89. The van der Waals surface area contributed by atoms with E-state index in [1.807, 2.05) is 37.3 Å². The number of amides is 1. The van der Waals surface area contributed by atoms with Gasteiger partial charge in [0.1, 0.15) is 0 Å². The van der Waals surface area contributed by atoms with Crippen molar-refractivity contribution in [2.75, 3.05) is 19.3 Å². The number of likely N-dealkylation sites (N-methyl/N-ethyl adjacent to an activating group) is 1. The average molecular weight is 284 g/mol. The third kappa shape index (κ3) is 4.65. The van der Waals surface area contributed by atoms with Gasteiger partial charge in [0.05, 0.1) is 18.3 Å². The first-order chi connectivity index (χ1) is 8.86. The monoisotopic (exact) mass is 284 g/mol. The van der Waals surface area contributed by atoms with Crippen molar-refractivity contribution in [2.45, 2.75) is 19.9 Å². The lowest BCUT2D eigenvalue weighted by Gasteiger charge is -2.18. The van der Waals surface area contributed by atoms with E-state index in [2.05, 4.69) is 5.32 Å². The maximum Gasteiger partial charge on any atom is 0.235 e. The average Bonchev–Trinajstić information content (AvgIpc) is 2.39. The van der Waals surface area contributed by atoms with Gasteiger partial charge in [-0.05, 0) is 19.4 Å². The zero-order valence-electron chi connectivity index (χ0n) is 11.5. The summed E-state index contributed by atoms with van der Waals surface area (Å²) in [6.45, 7) is 3.26. The summed E-state index contributed by atoms with van der Waals surface area (Å²) in [6.07, 6.45) is 0. The summed E-state index contributed by atoms with van der Waals surface area (Å²) in [4.78, 5) is 11.8. The van der Waals surface area contributed by atoms with Crippen molar-refractivity contribution in [1.82, 2.24) is 9.62 Å². The molecule has 1 rings (SSSR count). The molecule has 0 saturated heterocycles. The Bertz CT molecular complexity index is 514. The third-order valence-electron chi connectivity index (χ3n) is 2.88. The highest BCUT2D eigenvalue weighted by Crippen LogP contribution is 2.10. The van der Waals surface area contributed by atoms with Gasteiger partial charge in [0, 0.05) is 7.05 Å². The highest BCUT2D eigenvalue weighted by atomic mass is 32.2. The number of carbonyl (C=O) groups excluding carboxylic acids is 1. The minimum atomic E-state index is -3.32. The molecule has 19 heavy (non-hydrogen) atoms. The molecule has 5 nitrogen and oxygen atoms in total. The lowest BCUT2D eigenvalue weighted by molar-refractivity contribution is -0.121. The molecule has 1 aromatic carbocycles.